The van der Waals surface area contributed by atoms with Gasteiger partial charge in [-0.05, 0) is 76.0 Å². The minimum atomic E-state index is -2.48. The van der Waals surface area contributed by atoms with Gasteiger partial charge >= 0.3 is 17.8 Å². The monoisotopic (exact) mass is 465 g/mol. The van der Waals surface area contributed by atoms with Crippen LogP contribution in [0.15, 0.2) is 24.3 Å². The van der Waals surface area contributed by atoms with E-state index in [9.17, 15) is 9.59 Å². The highest BCUT2D eigenvalue weighted by Gasteiger charge is 2.57. The lowest BCUT2D eigenvalue weighted by Crippen LogP contribution is -2.66. The first-order chi connectivity index (χ1) is 14.6. The maximum Gasteiger partial charge on any atom is 0.397 e. The fraction of sp³-hybridized carbons (Fsp3) is 0.667. The van der Waals surface area contributed by atoms with Crippen LogP contribution in [0, 0.1) is 0 Å². The molecule has 2 rings (SSSR count). The van der Waals surface area contributed by atoms with Crippen LogP contribution < -0.4 is 4.74 Å². The van der Waals surface area contributed by atoms with E-state index in [0.29, 0.717) is 24.4 Å². The van der Waals surface area contributed by atoms with E-state index in [2.05, 4.69) is 33.9 Å². The van der Waals surface area contributed by atoms with Crippen LogP contribution in [0.4, 0.5) is 0 Å². The average molecular weight is 466 g/mol. The van der Waals surface area contributed by atoms with E-state index in [4.69, 9.17) is 18.6 Å². The van der Waals surface area contributed by atoms with Gasteiger partial charge in [0, 0.05) is 13.1 Å². The van der Waals surface area contributed by atoms with Gasteiger partial charge in [0.15, 0.2) is 8.32 Å². The zero-order chi connectivity index (χ0) is 24.4. The van der Waals surface area contributed by atoms with Crippen LogP contribution in [0.25, 0.3) is 0 Å². The molecule has 1 unspecified atom stereocenters. The highest BCUT2D eigenvalue weighted by Crippen LogP contribution is 2.42. The molecule has 0 bridgehead atoms. The standard InChI is InChI=1S/C24H39NO6Si/c1-22(2,3)30-21(27)24(25-16-10-11-17-25,31-32(8,9)23(4,5)6)29-19-14-12-18(13-15-19)20(26)28-7/h12-15H,10-11,16-17H2,1-9H3. The van der Waals surface area contributed by atoms with Gasteiger partial charge in [-0.25, -0.2) is 14.5 Å². The van der Waals surface area contributed by atoms with Crippen molar-refractivity contribution in [2.75, 3.05) is 20.2 Å². The lowest BCUT2D eigenvalue weighted by Gasteiger charge is -2.47. The number of carbonyl (C=O) groups is 2. The number of hydrogen-bond donors (Lipinski definition) is 0. The summed E-state index contributed by atoms with van der Waals surface area (Å²) in [5.74, 6) is -2.30. The molecular weight excluding hydrogens is 426 g/mol. The van der Waals surface area contributed by atoms with Gasteiger partial charge in [0.05, 0.1) is 12.7 Å². The minimum absolute atomic E-state index is 0.155. The summed E-state index contributed by atoms with van der Waals surface area (Å²) >= 11 is 0. The van der Waals surface area contributed by atoms with Crippen molar-refractivity contribution in [3.8, 4) is 5.75 Å². The van der Waals surface area contributed by atoms with E-state index in [0.717, 1.165) is 12.8 Å². The zero-order valence-corrected chi connectivity index (χ0v) is 22.0. The summed E-state index contributed by atoms with van der Waals surface area (Å²) in [6.07, 6.45) is 1.88. The second kappa shape index (κ2) is 9.53. The minimum Gasteiger partial charge on any atom is -0.465 e. The van der Waals surface area contributed by atoms with Crippen LogP contribution in [0.1, 0.15) is 64.7 Å². The fourth-order valence-electron chi connectivity index (χ4n) is 3.15. The maximum atomic E-state index is 13.7. The van der Waals surface area contributed by atoms with Crippen molar-refractivity contribution in [2.45, 2.75) is 84.0 Å². The van der Waals surface area contributed by atoms with Crippen LogP contribution in [0.3, 0.4) is 0 Å². The molecule has 7 nitrogen and oxygen atoms in total. The quantitative estimate of drug-likeness (QED) is 0.320. The predicted molar refractivity (Wildman–Crippen MR) is 126 cm³/mol. The lowest BCUT2D eigenvalue weighted by atomic mass is 10.2. The Hall–Kier alpha value is -1.90. The van der Waals surface area contributed by atoms with Gasteiger partial charge in [-0.2, -0.15) is 0 Å². The molecule has 1 aromatic carbocycles. The molecular formula is C24H39NO6Si. The smallest absolute Gasteiger partial charge is 0.397 e. The molecule has 0 N–H and O–H groups in total. The largest absolute Gasteiger partial charge is 0.465 e. The third-order valence-corrected chi connectivity index (χ3v) is 10.3. The maximum absolute atomic E-state index is 13.7. The first-order valence-electron chi connectivity index (χ1n) is 11.2. The third kappa shape index (κ3) is 6.11. The highest BCUT2D eigenvalue weighted by atomic mass is 28.4. The van der Waals surface area contributed by atoms with Gasteiger partial charge in [0.1, 0.15) is 11.4 Å². The van der Waals surface area contributed by atoms with E-state index in [1.165, 1.54) is 7.11 Å². The van der Waals surface area contributed by atoms with Crippen molar-refractivity contribution in [2.24, 2.45) is 0 Å². The van der Waals surface area contributed by atoms with Gasteiger partial charge in [-0.15, -0.1) is 0 Å². The molecule has 0 saturated carbocycles. The Morgan fingerprint density at radius 1 is 0.938 bits per heavy atom. The van der Waals surface area contributed by atoms with Crippen LogP contribution in [0.2, 0.25) is 18.1 Å². The number of carbonyl (C=O) groups excluding carboxylic acids is 2. The van der Waals surface area contributed by atoms with Crippen molar-refractivity contribution in [3.05, 3.63) is 29.8 Å². The number of ether oxygens (including phenoxy) is 3. The second-order valence-corrected chi connectivity index (χ2v) is 15.5. The molecule has 1 heterocycles. The molecule has 1 aliphatic rings. The molecule has 1 aliphatic heterocycles. The van der Waals surface area contributed by atoms with E-state index in [-0.39, 0.29) is 5.04 Å². The summed E-state index contributed by atoms with van der Waals surface area (Å²) in [6, 6.07) is 6.52. The summed E-state index contributed by atoms with van der Waals surface area (Å²) < 4.78 is 23.8. The van der Waals surface area contributed by atoms with Gasteiger partial charge in [-0.3, -0.25) is 0 Å². The summed E-state index contributed by atoms with van der Waals surface area (Å²) in [7, 11) is -1.14. The molecule has 0 radical (unpaired) electrons. The Kier molecular flexibility index (Phi) is 7.85. The number of benzene rings is 1. The van der Waals surface area contributed by atoms with Gasteiger partial charge in [-0.1, -0.05) is 20.8 Å². The molecule has 0 amide bonds. The first kappa shape index (κ1) is 26.4. The molecule has 1 saturated heterocycles. The molecule has 0 aromatic heterocycles. The topological polar surface area (TPSA) is 74.3 Å². The van der Waals surface area contributed by atoms with Crippen molar-refractivity contribution < 1.29 is 28.2 Å². The first-order valence-corrected chi connectivity index (χ1v) is 14.1. The van der Waals surface area contributed by atoms with Crippen molar-refractivity contribution >= 4 is 20.3 Å². The Morgan fingerprint density at radius 3 is 1.91 bits per heavy atom. The van der Waals surface area contributed by atoms with Gasteiger partial charge in [0.25, 0.3) is 0 Å². The number of esters is 2. The van der Waals surface area contributed by atoms with E-state index in [1.807, 2.05) is 25.7 Å². The lowest BCUT2D eigenvalue weighted by molar-refractivity contribution is -0.249. The Balaban J connectivity index is 2.56. The summed E-state index contributed by atoms with van der Waals surface area (Å²) in [5, 5.41) is -0.155. The van der Waals surface area contributed by atoms with Crippen LogP contribution in [-0.2, 0) is 18.7 Å². The number of nitrogens with zero attached hydrogens (tertiary/aromatic N) is 1. The molecule has 0 spiro atoms. The average Bonchev–Trinajstić information content (AvgIpc) is 3.20. The van der Waals surface area contributed by atoms with E-state index in [1.54, 1.807) is 24.3 Å². The molecule has 1 atom stereocenters. The van der Waals surface area contributed by atoms with Crippen molar-refractivity contribution in [1.82, 2.24) is 4.90 Å². The van der Waals surface area contributed by atoms with Crippen LogP contribution in [0.5, 0.6) is 5.75 Å². The SMILES string of the molecule is COC(=O)c1ccc(OC(O[Si](C)(C)C(C)(C)C)(C(=O)OC(C)(C)C)N2CCCC2)cc1. The summed E-state index contributed by atoms with van der Waals surface area (Å²) in [5.41, 5.74) is -0.314. The molecule has 8 heteroatoms. The number of methoxy groups -OCH3 is 1. The molecule has 180 valence electrons. The Labute approximate surface area is 193 Å². The molecule has 0 aliphatic carbocycles. The third-order valence-electron chi connectivity index (χ3n) is 5.91. The fourth-order valence-corrected chi connectivity index (χ4v) is 4.40. The highest BCUT2D eigenvalue weighted by molar-refractivity contribution is 6.74. The van der Waals surface area contributed by atoms with Gasteiger partial charge < -0.3 is 18.6 Å². The number of rotatable bonds is 7. The Morgan fingerprint density at radius 2 is 1.47 bits per heavy atom. The number of hydrogen-bond acceptors (Lipinski definition) is 7. The van der Waals surface area contributed by atoms with Gasteiger partial charge in [0.2, 0.25) is 0 Å². The normalized spacial score (nSPS) is 17.5. The van der Waals surface area contributed by atoms with Crippen molar-refractivity contribution in [3.63, 3.8) is 0 Å². The Bertz CT molecular complexity index is 803. The van der Waals surface area contributed by atoms with E-state index < -0.39 is 31.8 Å². The predicted octanol–water partition coefficient (Wildman–Crippen LogP) is 4.97. The molecule has 1 fully saturated rings. The van der Waals surface area contributed by atoms with E-state index >= 15 is 0 Å². The number of likely N-dealkylation sites (tertiary alicyclic amines) is 1. The second-order valence-electron chi connectivity index (χ2n) is 10.8. The van der Waals surface area contributed by atoms with Crippen LogP contribution in [-0.4, -0.2) is 56.9 Å². The zero-order valence-electron chi connectivity index (χ0n) is 21.0. The van der Waals surface area contributed by atoms with Crippen LogP contribution >= 0.6 is 0 Å². The van der Waals surface area contributed by atoms with Crippen molar-refractivity contribution in [1.29, 1.82) is 0 Å². The molecule has 32 heavy (non-hydrogen) atoms. The summed E-state index contributed by atoms with van der Waals surface area (Å²) in [4.78, 5) is 27.5. The molecule has 1 aromatic rings. The summed E-state index contributed by atoms with van der Waals surface area (Å²) in [6.45, 7) is 17.3.